The second-order valence-corrected chi connectivity index (χ2v) is 5.94. The van der Waals surface area contributed by atoms with Crippen molar-refractivity contribution in [3.05, 3.63) is 72.2 Å². The van der Waals surface area contributed by atoms with Gasteiger partial charge in [-0.2, -0.15) is 0 Å². The predicted molar refractivity (Wildman–Crippen MR) is 103 cm³/mol. The smallest absolute Gasteiger partial charge is 0.224 e. The average molecular weight is 363 g/mol. The molecule has 6 nitrogen and oxygen atoms in total. The Kier molecular flexibility index (Phi) is 5.99. The molecule has 27 heavy (non-hydrogen) atoms. The number of nitrogens with zero attached hydrogens (tertiary/aromatic N) is 2. The molecule has 0 aliphatic carbocycles. The van der Waals surface area contributed by atoms with Crippen LogP contribution < -0.4 is 14.8 Å². The van der Waals surface area contributed by atoms with Gasteiger partial charge in [0.25, 0.3) is 0 Å². The Morgan fingerprint density at radius 3 is 2.48 bits per heavy atom. The third kappa shape index (κ3) is 4.82. The number of benzene rings is 1. The Morgan fingerprint density at radius 1 is 1.00 bits per heavy atom. The van der Waals surface area contributed by atoms with Crippen molar-refractivity contribution in [3.63, 3.8) is 0 Å². The van der Waals surface area contributed by atoms with Gasteiger partial charge in [0.2, 0.25) is 5.91 Å². The van der Waals surface area contributed by atoms with Gasteiger partial charge in [-0.1, -0.05) is 12.1 Å². The largest absolute Gasteiger partial charge is 0.493 e. The number of hydrogen-bond acceptors (Lipinski definition) is 5. The number of methoxy groups -OCH3 is 2. The summed E-state index contributed by atoms with van der Waals surface area (Å²) >= 11 is 0. The van der Waals surface area contributed by atoms with E-state index in [1.807, 2.05) is 36.4 Å². The van der Waals surface area contributed by atoms with Crippen LogP contribution in [0.5, 0.6) is 11.5 Å². The fourth-order valence-corrected chi connectivity index (χ4v) is 2.65. The Balaban J connectivity index is 1.56. The molecule has 0 bridgehead atoms. The highest BCUT2D eigenvalue weighted by Gasteiger charge is 2.08. The molecule has 0 spiro atoms. The summed E-state index contributed by atoms with van der Waals surface area (Å²) in [5.41, 5.74) is 3.60. The molecule has 0 unspecified atom stereocenters. The SMILES string of the molecule is COc1ccc(CC(=O)NCc2ccc(-c3cccnc3)nc2)cc1OC. The van der Waals surface area contributed by atoms with E-state index in [0.29, 0.717) is 18.0 Å². The van der Waals surface area contributed by atoms with Gasteiger partial charge >= 0.3 is 0 Å². The van der Waals surface area contributed by atoms with Crippen LogP contribution in [0.15, 0.2) is 61.1 Å². The highest BCUT2D eigenvalue weighted by atomic mass is 16.5. The maximum absolute atomic E-state index is 12.2. The van der Waals surface area contributed by atoms with Gasteiger partial charge in [-0.25, -0.2) is 0 Å². The molecule has 0 fully saturated rings. The van der Waals surface area contributed by atoms with Gasteiger partial charge in [0.15, 0.2) is 11.5 Å². The van der Waals surface area contributed by atoms with Crippen LogP contribution in [0.2, 0.25) is 0 Å². The minimum absolute atomic E-state index is 0.0708. The lowest BCUT2D eigenvalue weighted by Crippen LogP contribution is -2.24. The molecule has 0 saturated heterocycles. The van der Waals surface area contributed by atoms with Crippen LogP contribution in [0.25, 0.3) is 11.3 Å². The molecule has 0 atom stereocenters. The molecular weight excluding hydrogens is 342 g/mol. The summed E-state index contributed by atoms with van der Waals surface area (Å²) in [4.78, 5) is 20.7. The summed E-state index contributed by atoms with van der Waals surface area (Å²) in [7, 11) is 3.15. The first kappa shape index (κ1) is 18.4. The highest BCUT2D eigenvalue weighted by molar-refractivity contribution is 5.78. The molecule has 1 aromatic carbocycles. The first-order valence-corrected chi connectivity index (χ1v) is 8.52. The van der Waals surface area contributed by atoms with Gasteiger partial charge in [0, 0.05) is 30.7 Å². The van der Waals surface area contributed by atoms with Gasteiger partial charge < -0.3 is 14.8 Å². The zero-order valence-electron chi connectivity index (χ0n) is 15.3. The molecule has 1 amide bonds. The lowest BCUT2D eigenvalue weighted by Gasteiger charge is -2.10. The van der Waals surface area contributed by atoms with E-state index >= 15 is 0 Å². The van der Waals surface area contributed by atoms with Gasteiger partial charge in [-0.15, -0.1) is 0 Å². The quantitative estimate of drug-likeness (QED) is 0.698. The molecule has 3 aromatic rings. The number of rotatable bonds is 7. The summed E-state index contributed by atoms with van der Waals surface area (Å²) in [6, 6.07) is 13.2. The zero-order valence-corrected chi connectivity index (χ0v) is 15.3. The van der Waals surface area contributed by atoms with Gasteiger partial charge in [0.05, 0.1) is 26.3 Å². The average Bonchev–Trinajstić information content (AvgIpc) is 2.73. The monoisotopic (exact) mass is 363 g/mol. The summed E-state index contributed by atoms with van der Waals surface area (Å²) in [6.07, 6.45) is 5.53. The van der Waals surface area contributed by atoms with Crippen LogP contribution in [-0.2, 0) is 17.8 Å². The standard InChI is InChI=1S/C21H21N3O3/c1-26-19-8-6-15(10-20(19)27-2)11-21(25)24-13-16-5-7-18(23-12-16)17-4-3-9-22-14-17/h3-10,12,14H,11,13H2,1-2H3,(H,24,25). The zero-order chi connectivity index (χ0) is 19.1. The van der Waals surface area contributed by atoms with Crippen molar-refractivity contribution in [2.75, 3.05) is 14.2 Å². The van der Waals surface area contributed by atoms with E-state index in [9.17, 15) is 4.79 Å². The summed E-state index contributed by atoms with van der Waals surface area (Å²) in [5.74, 6) is 1.18. The van der Waals surface area contributed by atoms with Crippen molar-refractivity contribution in [2.45, 2.75) is 13.0 Å². The molecule has 0 radical (unpaired) electrons. The predicted octanol–water partition coefficient (Wildman–Crippen LogP) is 3.02. The lowest BCUT2D eigenvalue weighted by atomic mass is 10.1. The Bertz CT molecular complexity index is 896. The third-order valence-electron chi connectivity index (χ3n) is 4.08. The van der Waals surface area contributed by atoms with E-state index < -0.39 is 0 Å². The molecule has 3 rings (SSSR count). The van der Waals surface area contributed by atoms with Crippen LogP contribution in [0, 0.1) is 0 Å². The molecule has 1 N–H and O–H groups in total. The van der Waals surface area contributed by atoms with Crippen molar-refractivity contribution in [3.8, 4) is 22.8 Å². The minimum atomic E-state index is -0.0708. The number of nitrogens with one attached hydrogen (secondary N) is 1. The topological polar surface area (TPSA) is 73.3 Å². The molecule has 0 aliphatic rings. The van der Waals surface area contributed by atoms with E-state index in [4.69, 9.17) is 9.47 Å². The van der Waals surface area contributed by atoms with Gasteiger partial charge in [-0.3, -0.25) is 14.8 Å². The Labute approximate surface area is 158 Å². The number of pyridine rings is 2. The fourth-order valence-electron chi connectivity index (χ4n) is 2.65. The van der Waals surface area contributed by atoms with E-state index in [0.717, 1.165) is 22.4 Å². The van der Waals surface area contributed by atoms with Gasteiger partial charge in [0.1, 0.15) is 0 Å². The molecule has 0 saturated carbocycles. The molecule has 6 heteroatoms. The first-order valence-electron chi connectivity index (χ1n) is 8.52. The van der Waals surface area contributed by atoms with Crippen molar-refractivity contribution in [1.29, 1.82) is 0 Å². The van der Waals surface area contributed by atoms with Crippen LogP contribution in [0.1, 0.15) is 11.1 Å². The lowest BCUT2D eigenvalue weighted by molar-refractivity contribution is -0.120. The van der Waals surface area contributed by atoms with Crippen LogP contribution in [0.4, 0.5) is 0 Å². The minimum Gasteiger partial charge on any atom is -0.493 e. The molecule has 2 aromatic heterocycles. The van der Waals surface area contributed by atoms with E-state index in [2.05, 4.69) is 15.3 Å². The second-order valence-electron chi connectivity index (χ2n) is 5.94. The summed E-state index contributed by atoms with van der Waals surface area (Å²) < 4.78 is 10.5. The second kappa shape index (κ2) is 8.80. The van der Waals surface area contributed by atoms with Crippen LogP contribution in [0.3, 0.4) is 0 Å². The maximum Gasteiger partial charge on any atom is 0.224 e. The molecular formula is C21H21N3O3. The number of amides is 1. The Hall–Kier alpha value is -3.41. The van der Waals surface area contributed by atoms with Crippen molar-refractivity contribution in [2.24, 2.45) is 0 Å². The number of aromatic nitrogens is 2. The number of carbonyl (C=O) groups is 1. The van der Waals surface area contributed by atoms with E-state index in [1.165, 1.54) is 0 Å². The fraction of sp³-hybridized carbons (Fsp3) is 0.190. The van der Waals surface area contributed by atoms with E-state index in [-0.39, 0.29) is 12.3 Å². The number of ether oxygens (including phenoxy) is 2. The van der Waals surface area contributed by atoms with E-state index in [1.54, 1.807) is 38.9 Å². The molecule has 2 heterocycles. The van der Waals surface area contributed by atoms with Crippen molar-refractivity contribution >= 4 is 5.91 Å². The molecule has 0 aliphatic heterocycles. The summed E-state index contributed by atoms with van der Waals surface area (Å²) in [6.45, 7) is 0.423. The highest BCUT2D eigenvalue weighted by Crippen LogP contribution is 2.27. The maximum atomic E-state index is 12.2. The Morgan fingerprint density at radius 2 is 1.81 bits per heavy atom. The number of hydrogen-bond donors (Lipinski definition) is 1. The normalized spacial score (nSPS) is 10.3. The van der Waals surface area contributed by atoms with Crippen molar-refractivity contribution < 1.29 is 14.3 Å². The third-order valence-corrected chi connectivity index (χ3v) is 4.08. The molecule has 138 valence electrons. The van der Waals surface area contributed by atoms with Gasteiger partial charge in [-0.05, 0) is 41.5 Å². The van der Waals surface area contributed by atoms with Crippen LogP contribution in [-0.4, -0.2) is 30.1 Å². The number of carbonyl (C=O) groups excluding carboxylic acids is 1. The first-order chi connectivity index (χ1) is 13.2. The van der Waals surface area contributed by atoms with Crippen LogP contribution >= 0.6 is 0 Å². The summed E-state index contributed by atoms with van der Waals surface area (Å²) in [5, 5.41) is 2.91. The van der Waals surface area contributed by atoms with Crippen molar-refractivity contribution in [1.82, 2.24) is 15.3 Å².